The lowest BCUT2D eigenvalue weighted by molar-refractivity contribution is 0.669. The first-order valence-electron chi connectivity index (χ1n) is 21.5. The van der Waals surface area contributed by atoms with E-state index in [0.717, 1.165) is 82.8 Å². The van der Waals surface area contributed by atoms with Gasteiger partial charge < -0.3 is 13.6 Å². The SMILES string of the molecule is c1ccc(-n2c3ccccc3c3cc4c5ccccc5n(-c5cccc(-c6nc(-c7ccc8c(c7)oc7ccccc78)nc(-n7c8ccccc8c8ccccc87)n6)c5)c4cc32)cc1. The van der Waals surface area contributed by atoms with Crippen LogP contribution in [0.4, 0.5) is 0 Å². The molecule has 5 aromatic heterocycles. The van der Waals surface area contributed by atoms with Gasteiger partial charge >= 0.3 is 0 Å². The van der Waals surface area contributed by atoms with E-state index < -0.39 is 0 Å². The number of hydrogen-bond donors (Lipinski definition) is 0. The fourth-order valence-electron chi connectivity index (χ4n) is 10.1. The highest BCUT2D eigenvalue weighted by atomic mass is 16.3. The van der Waals surface area contributed by atoms with Gasteiger partial charge in [-0.25, -0.2) is 4.98 Å². The topological polar surface area (TPSA) is 66.6 Å². The first-order valence-corrected chi connectivity index (χ1v) is 21.5. The standard InChI is InChI=1S/C57H34N6O/c1-2-16-37(17-3-1)61-47-24-9-6-21-41(47)45-33-46-42-22-7-10-25-48(42)62(52(46)34-51(45)61)38-18-14-15-35(31-38)55-58-56(36-29-30-44-43-23-8-13-28-53(43)64-54(44)32-36)60-57(59-55)63-49-26-11-4-19-39(49)40-20-5-12-27-50(40)63/h1-34H. The molecule has 0 N–H and O–H groups in total. The Kier molecular flexibility index (Phi) is 7.27. The van der Waals surface area contributed by atoms with Gasteiger partial charge in [0.15, 0.2) is 11.6 Å². The molecule has 5 heterocycles. The van der Waals surface area contributed by atoms with Crippen molar-refractivity contribution < 1.29 is 4.42 Å². The van der Waals surface area contributed by atoms with Crippen LogP contribution in [-0.4, -0.2) is 28.7 Å². The van der Waals surface area contributed by atoms with E-state index >= 15 is 0 Å². The second kappa shape index (κ2) is 13.3. The van der Waals surface area contributed by atoms with Crippen molar-refractivity contribution in [3.63, 3.8) is 0 Å². The van der Waals surface area contributed by atoms with Crippen LogP contribution < -0.4 is 0 Å². The van der Waals surface area contributed by atoms with Crippen LogP contribution in [0, 0.1) is 0 Å². The zero-order valence-corrected chi connectivity index (χ0v) is 34.2. The predicted octanol–water partition coefficient (Wildman–Crippen LogP) is 14.4. The molecule has 0 bridgehead atoms. The Bertz CT molecular complexity index is 4160. The van der Waals surface area contributed by atoms with Crippen LogP contribution >= 0.6 is 0 Å². The molecule has 0 aliphatic rings. The van der Waals surface area contributed by atoms with Gasteiger partial charge in [-0.1, -0.05) is 127 Å². The maximum atomic E-state index is 6.37. The van der Waals surface area contributed by atoms with Gasteiger partial charge in [-0.3, -0.25) is 4.57 Å². The lowest BCUT2D eigenvalue weighted by atomic mass is 10.1. The van der Waals surface area contributed by atoms with Crippen LogP contribution in [0.25, 0.3) is 127 Å². The van der Waals surface area contributed by atoms with Gasteiger partial charge in [-0.2, -0.15) is 9.97 Å². The van der Waals surface area contributed by atoms with Gasteiger partial charge in [0.05, 0.1) is 33.1 Å². The van der Waals surface area contributed by atoms with Gasteiger partial charge in [0.2, 0.25) is 5.95 Å². The molecule has 298 valence electrons. The molecular weight excluding hydrogens is 785 g/mol. The third-order valence-corrected chi connectivity index (χ3v) is 12.9. The Hall–Kier alpha value is -8.81. The van der Waals surface area contributed by atoms with E-state index in [1.165, 1.54) is 27.1 Å². The molecule has 0 saturated heterocycles. The lowest BCUT2D eigenvalue weighted by Gasteiger charge is -2.13. The van der Waals surface area contributed by atoms with Crippen molar-refractivity contribution in [1.29, 1.82) is 0 Å². The number of fused-ring (bicyclic) bond motifs is 12. The van der Waals surface area contributed by atoms with E-state index in [9.17, 15) is 0 Å². The number of benzene rings is 9. The minimum atomic E-state index is 0.542. The molecular formula is C57H34N6O. The van der Waals surface area contributed by atoms with E-state index in [0.29, 0.717) is 17.6 Å². The molecule has 14 rings (SSSR count). The number of aromatic nitrogens is 6. The third-order valence-electron chi connectivity index (χ3n) is 12.9. The second-order valence-corrected chi connectivity index (χ2v) is 16.4. The third kappa shape index (κ3) is 5.06. The average Bonchev–Trinajstić information content (AvgIpc) is 4.09. The molecule has 0 atom stereocenters. The molecule has 0 saturated carbocycles. The molecule has 0 aliphatic heterocycles. The fourth-order valence-corrected chi connectivity index (χ4v) is 10.1. The van der Waals surface area contributed by atoms with Crippen LogP contribution in [-0.2, 0) is 0 Å². The Labute approximate surface area is 365 Å². The minimum absolute atomic E-state index is 0.542. The van der Waals surface area contributed by atoms with Gasteiger partial charge in [0.1, 0.15) is 11.2 Å². The summed E-state index contributed by atoms with van der Waals surface area (Å²) in [5.74, 6) is 1.67. The molecule has 0 fully saturated rings. The van der Waals surface area contributed by atoms with Crippen molar-refractivity contribution in [2.24, 2.45) is 0 Å². The van der Waals surface area contributed by atoms with Crippen molar-refractivity contribution >= 4 is 87.4 Å². The smallest absolute Gasteiger partial charge is 0.238 e. The Balaban J connectivity index is 1.01. The first-order chi connectivity index (χ1) is 31.7. The zero-order chi connectivity index (χ0) is 41.9. The van der Waals surface area contributed by atoms with E-state index in [-0.39, 0.29) is 0 Å². The maximum Gasteiger partial charge on any atom is 0.238 e. The molecule has 0 aliphatic carbocycles. The number of para-hydroxylation sites is 6. The Morgan fingerprint density at radius 2 is 0.766 bits per heavy atom. The Morgan fingerprint density at radius 3 is 1.41 bits per heavy atom. The molecule has 0 spiro atoms. The molecule has 7 nitrogen and oxygen atoms in total. The van der Waals surface area contributed by atoms with E-state index in [4.69, 9.17) is 19.4 Å². The van der Waals surface area contributed by atoms with Crippen molar-refractivity contribution in [3.05, 3.63) is 206 Å². The summed E-state index contributed by atoms with van der Waals surface area (Å²) in [5, 5.41) is 9.25. The lowest BCUT2D eigenvalue weighted by Crippen LogP contribution is -2.06. The van der Waals surface area contributed by atoms with Crippen molar-refractivity contribution in [2.75, 3.05) is 0 Å². The summed E-state index contributed by atoms with van der Waals surface area (Å²) in [6, 6.07) is 72.7. The molecule has 0 radical (unpaired) electrons. The molecule has 0 unspecified atom stereocenters. The number of nitrogens with zero attached hydrogens (tertiary/aromatic N) is 6. The number of hydrogen-bond acceptors (Lipinski definition) is 4. The highest BCUT2D eigenvalue weighted by Crippen LogP contribution is 2.41. The molecule has 64 heavy (non-hydrogen) atoms. The molecule has 14 aromatic rings. The average molecular weight is 819 g/mol. The van der Waals surface area contributed by atoms with Crippen molar-refractivity contribution in [2.45, 2.75) is 0 Å². The first kappa shape index (κ1) is 34.9. The summed E-state index contributed by atoms with van der Waals surface area (Å²) in [5.41, 5.74) is 12.1. The van der Waals surface area contributed by atoms with Gasteiger partial charge in [-0.15, -0.1) is 0 Å². The van der Waals surface area contributed by atoms with Crippen LogP contribution in [0.3, 0.4) is 0 Å². The zero-order valence-electron chi connectivity index (χ0n) is 34.2. The highest BCUT2D eigenvalue weighted by molar-refractivity contribution is 6.19. The number of rotatable bonds is 5. The second-order valence-electron chi connectivity index (χ2n) is 16.4. The van der Waals surface area contributed by atoms with Gasteiger partial charge in [0, 0.05) is 65.6 Å². The van der Waals surface area contributed by atoms with E-state index in [2.05, 4.69) is 196 Å². The quantitative estimate of drug-likeness (QED) is 0.173. The minimum Gasteiger partial charge on any atom is -0.456 e. The molecule has 9 aromatic carbocycles. The summed E-state index contributed by atoms with van der Waals surface area (Å²) >= 11 is 0. The summed E-state index contributed by atoms with van der Waals surface area (Å²) in [7, 11) is 0. The highest BCUT2D eigenvalue weighted by Gasteiger charge is 2.21. The molecule has 0 amide bonds. The maximum absolute atomic E-state index is 6.37. The largest absolute Gasteiger partial charge is 0.456 e. The van der Waals surface area contributed by atoms with Gasteiger partial charge in [-0.05, 0) is 78.9 Å². The Morgan fingerprint density at radius 1 is 0.281 bits per heavy atom. The predicted molar refractivity (Wildman–Crippen MR) is 261 cm³/mol. The fraction of sp³-hybridized carbons (Fsp3) is 0. The summed E-state index contributed by atoms with van der Waals surface area (Å²) < 4.78 is 13.3. The van der Waals surface area contributed by atoms with Crippen LogP contribution in [0.2, 0.25) is 0 Å². The van der Waals surface area contributed by atoms with Crippen molar-refractivity contribution in [1.82, 2.24) is 28.7 Å². The van der Waals surface area contributed by atoms with Gasteiger partial charge in [0.25, 0.3) is 0 Å². The molecule has 7 heteroatoms. The summed E-state index contributed by atoms with van der Waals surface area (Å²) in [4.78, 5) is 15.9. The van der Waals surface area contributed by atoms with Crippen LogP contribution in [0.5, 0.6) is 0 Å². The monoisotopic (exact) mass is 818 g/mol. The number of furan rings is 1. The normalized spacial score (nSPS) is 12.1. The van der Waals surface area contributed by atoms with E-state index in [1.54, 1.807) is 0 Å². The van der Waals surface area contributed by atoms with E-state index in [1.807, 2.05) is 24.3 Å². The summed E-state index contributed by atoms with van der Waals surface area (Å²) in [6.45, 7) is 0. The van der Waals surface area contributed by atoms with Crippen molar-refractivity contribution in [3.8, 4) is 40.1 Å². The van der Waals surface area contributed by atoms with Crippen LogP contribution in [0.1, 0.15) is 0 Å². The van der Waals surface area contributed by atoms with Crippen LogP contribution in [0.15, 0.2) is 211 Å². The summed E-state index contributed by atoms with van der Waals surface area (Å²) in [6.07, 6.45) is 0.